The molecule has 1 N–H and O–H groups in total. The SMILES string of the molecule is CCC[C@@](C)(C=O)C(=N)B=O. The van der Waals surface area contributed by atoms with Crippen LogP contribution in [-0.4, -0.2) is 19.0 Å². The maximum atomic E-state index is 10.5. The van der Waals surface area contributed by atoms with E-state index in [1.54, 1.807) is 6.92 Å². The molecule has 3 nitrogen and oxygen atoms in total. The molecule has 0 bridgehead atoms. The van der Waals surface area contributed by atoms with E-state index in [4.69, 9.17) is 5.41 Å². The van der Waals surface area contributed by atoms with Crippen LogP contribution in [0.4, 0.5) is 0 Å². The quantitative estimate of drug-likeness (QED) is 0.364. The monoisotopic (exact) mass is 153 g/mol. The van der Waals surface area contributed by atoms with Gasteiger partial charge in [-0.3, -0.25) is 0 Å². The molecule has 0 rings (SSSR count). The van der Waals surface area contributed by atoms with Crippen LogP contribution >= 0.6 is 0 Å². The van der Waals surface area contributed by atoms with Gasteiger partial charge in [-0.25, -0.2) is 0 Å². The van der Waals surface area contributed by atoms with Crippen LogP contribution in [0, 0.1) is 10.8 Å². The summed E-state index contributed by atoms with van der Waals surface area (Å²) >= 11 is 0. The van der Waals surface area contributed by atoms with Crippen molar-refractivity contribution >= 4 is 19.0 Å². The molecule has 0 aliphatic carbocycles. The molecule has 0 amide bonds. The summed E-state index contributed by atoms with van der Waals surface area (Å²) in [6.45, 7) is 3.53. The van der Waals surface area contributed by atoms with Gasteiger partial charge in [0.2, 0.25) is 0 Å². The molecule has 0 spiro atoms. The van der Waals surface area contributed by atoms with Crippen LogP contribution in [0.15, 0.2) is 0 Å². The Morgan fingerprint density at radius 2 is 2.27 bits per heavy atom. The first-order chi connectivity index (χ1) is 5.10. The van der Waals surface area contributed by atoms with Gasteiger partial charge in [0.05, 0.1) is 0 Å². The van der Waals surface area contributed by atoms with Crippen LogP contribution < -0.4 is 0 Å². The Hall–Kier alpha value is -0.795. The van der Waals surface area contributed by atoms with E-state index in [0.29, 0.717) is 19.9 Å². The first-order valence-corrected chi connectivity index (χ1v) is 3.61. The van der Waals surface area contributed by atoms with Gasteiger partial charge in [0.15, 0.2) is 0 Å². The topological polar surface area (TPSA) is 58.0 Å². The number of carbonyl (C=O) groups excluding carboxylic acids is 1. The number of carbonyl (C=O) groups is 1. The Morgan fingerprint density at radius 1 is 1.73 bits per heavy atom. The molecule has 0 saturated carbocycles. The van der Waals surface area contributed by atoms with Gasteiger partial charge in [-0.05, 0) is 0 Å². The van der Waals surface area contributed by atoms with Crippen LogP contribution in [0.1, 0.15) is 26.7 Å². The van der Waals surface area contributed by atoms with E-state index in [-0.39, 0.29) is 5.61 Å². The predicted octanol–water partition coefficient (Wildman–Crippen LogP) is 1.02. The Bertz CT molecular complexity index is 181. The van der Waals surface area contributed by atoms with Crippen molar-refractivity contribution in [3.05, 3.63) is 0 Å². The standard InChI is InChI=1S/C7H12BNO2/c1-3-4-7(2,5-10)6(9)8-11/h5,9H,3-4H2,1-2H3/t7-/m0/s1. The van der Waals surface area contributed by atoms with Crippen molar-refractivity contribution in [2.24, 2.45) is 5.41 Å². The van der Waals surface area contributed by atoms with E-state index in [2.05, 4.69) is 0 Å². The average Bonchev–Trinajstić information content (AvgIpc) is 2.03. The second-order valence-electron chi connectivity index (χ2n) is 2.82. The second-order valence-corrected chi connectivity index (χ2v) is 2.82. The van der Waals surface area contributed by atoms with Gasteiger partial charge in [0.25, 0.3) is 0 Å². The molecule has 0 aromatic heterocycles. The maximum absolute atomic E-state index is 10.5. The van der Waals surface area contributed by atoms with Crippen molar-refractivity contribution in [2.75, 3.05) is 0 Å². The number of aldehydes is 1. The summed E-state index contributed by atoms with van der Waals surface area (Å²) in [7, 11) is 0.435. The third-order valence-electron chi connectivity index (χ3n) is 1.76. The van der Waals surface area contributed by atoms with Crippen LogP contribution in [0.5, 0.6) is 0 Å². The van der Waals surface area contributed by atoms with Gasteiger partial charge in [-0.1, -0.05) is 0 Å². The Morgan fingerprint density at radius 3 is 2.55 bits per heavy atom. The molecule has 11 heavy (non-hydrogen) atoms. The third-order valence-corrected chi connectivity index (χ3v) is 1.76. The van der Waals surface area contributed by atoms with Gasteiger partial charge in [0.1, 0.15) is 0 Å². The molecule has 0 radical (unpaired) electrons. The summed E-state index contributed by atoms with van der Waals surface area (Å²) in [6.07, 6.45) is 2.03. The van der Waals surface area contributed by atoms with Crippen LogP contribution in [0.3, 0.4) is 0 Å². The number of nitrogens with one attached hydrogen (secondary N) is 1. The minimum absolute atomic E-state index is 0.130. The van der Waals surface area contributed by atoms with E-state index in [1.165, 1.54) is 0 Å². The van der Waals surface area contributed by atoms with E-state index >= 15 is 0 Å². The molecule has 0 aromatic carbocycles. The number of hydrogen-bond acceptors (Lipinski definition) is 3. The van der Waals surface area contributed by atoms with Crippen LogP contribution in [0.25, 0.3) is 0 Å². The third kappa shape index (κ3) is 2.37. The van der Waals surface area contributed by atoms with Gasteiger partial charge < -0.3 is 0 Å². The van der Waals surface area contributed by atoms with Crippen molar-refractivity contribution in [3.63, 3.8) is 0 Å². The summed E-state index contributed by atoms with van der Waals surface area (Å²) in [5.41, 5.74) is -0.995. The van der Waals surface area contributed by atoms with Crippen molar-refractivity contribution < 1.29 is 9.50 Å². The second kappa shape index (κ2) is 4.16. The normalized spacial score (nSPS) is 14.7. The van der Waals surface area contributed by atoms with Crippen molar-refractivity contribution in [3.8, 4) is 0 Å². The molecule has 0 aliphatic rings. The van der Waals surface area contributed by atoms with E-state index in [9.17, 15) is 9.50 Å². The molecular formula is C7H12BNO2. The van der Waals surface area contributed by atoms with E-state index < -0.39 is 5.41 Å². The Balaban J connectivity index is 4.43. The molecule has 4 heteroatoms. The van der Waals surface area contributed by atoms with Crippen molar-refractivity contribution in [1.82, 2.24) is 0 Å². The van der Waals surface area contributed by atoms with Gasteiger partial charge in [-0.2, -0.15) is 0 Å². The first-order valence-electron chi connectivity index (χ1n) is 3.61. The fourth-order valence-corrected chi connectivity index (χ4v) is 0.911. The number of hydrogen-bond donors (Lipinski definition) is 1. The molecule has 0 aromatic rings. The van der Waals surface area contributed by atoms with Crippen molar-refractivity contribution in [2.45, 2.75) is 26.7 Å². The summed E-state index contributed by atoms with van der Waals surface area (Å²) < 4.78 is 10.2. The molecule has 1 atom stereocenters. The van der Waals surface area contributed by atoms with E-state index in [1.807, 2.05) is 6.92 Å². The fourth-order valence-electron chi connectivity index (χ4n) is 0.911. The summed E-state index contributed by atoms with van der Waals surface area (Å²) in [6, 6.07) is 0. The van der Waals surface area contributed by atoms with Gasteiger partial charge in [0, 0.05) is 0 Å². The van der Waals surface area contributed by atoms with E-state index in [0.717, 1.165) is 6.42 Å². The zero-order chi connectivity index (χ0) is 8.91. The molecular weight excluding hydrogens is 141 g/mol. The minimum atomic E-state index is -0.865. The molecule has 60 valence electrons. The molecule has 0 fully saturated rings. The average molecular weight is 153 g/mol. The molecule has 0 unspecified atom stereocenters. The van der Waals surface area contributed by atoms with Gasteiger partial charge >= 0.3 is 66.1 Å². The summed E-state index contributed by atoms with van der Waals surface area (Å²) in [5, 5.41) is 7.20. The van der Waals surface area contributed by atoms with Crippen molar-refractivity contribution in [1.29, 1.82) is 5.41 Å². The zero-order valence-corrected chi connectivity index (χ0v) is 6.89. The number of rotatable bonds is 5. The van der Waals surface area contributed by atoms with Crippen LogP contribution in [0.2, 0.25) is 0 Å². The first kappa shape index (κ1) is 10.2. The van der Waals surface area contributed by atoms with Gasteiger partial charge in [-0.15, -0.1) is 0 Å². The molecule has 0 aliphatic heterocycles. The summed E-state index contributed by atoms with van der Waals surface area (Å²) in [5.74, 6) is 0. The van der Waals surface area contributed by atoms with Crippen LogP contribution in [-0.2, 0) is 9.50 Å². The Kier molecular flexibility index (Phi) is 3.86. The zero-order valence-electron chi connectivity index (χ0n) is 6.89. The predicted molar refractivity (Wildman–Crippen MR) is 43.2 cm³/mol. The summed E-state index contributed by atoms with van der Waals surface area (Å²) in [4.78, 5) is 10.5. The molecule has 0 heterocycles. The molecule has 0 saturated heterocycles. The fraction of sp³-hybridized carbons (Fsp3) is 0.714. The Labute approximate surface area is 66.9 Å².